The lowest BCUT2D eigenvalue weighted by Gasteiger charge is -2.14. The fourth-order valence-electron chi connectivity index (χ4n) is 1.88. The Kier molecular flexibility index (Phi) is 9.00. The molecular weight excluding hydrogens is 264 g/mol. The molecule has 1 aromatic heterocycles. The van der Waals surface area contributed by atoms with Crippen molar-refractivity contribution >= 4 is 5.96 Å². The monoisotopic (exact) mass is 292 g/mol. The van der Waals surface area contributed by atoms with Crippen LogP contribution in [0.25, 0.3) is 0 Å². The molecule has 0 aromatic carbocycles. The molecule has 0 spiro atoms. The lowest BCUT2D eigenvalue weighted by atomic mass is 10.0. The van der Waals surface area contributed by atoms with Gasteiger partial charge in [-0.2, -0.15) is 0 Å². The summed E-state index contributed by atoms with van der Waals surface area (Å²) in [5.41, 5.74) is 0. The molecule has 0 amide bonds. The summed E-state index contributed by atoms with van der Waals surface area (Å²) in [4.78, 5) is 8.64. The molecule has 21 heavy (non-hydrogen) atoms. The number of aromatic nitrogens is 1. The first kappa shape index (κ1) is 17.3. The van der Waals surface area contributed by atoms with E-state index in [9.17, 15) is 0 Å². The topological polar surface area (TPSA) is 58.5 Å². The van der Waals surface area contributed by atoms with Crippen molar-refractivity contribution < 1.29 is 4.74 Å². The van der Waals surface area contributed by atoms with Crippen molar-refractivity contribution in [3.63, 3.8) is 0 Å². The summed E-state index contributed by atoms with van der Waals surface area (Å²) >= 11 is 0. The van der Waals surface area contributed by atoms with Gasteiger partial charge >= 0.3 is 0 Å². The Morgan fingerprint density at radius 3 is 2.71 bits per heavy atom. The molecule has 1 heterocycles. The maximum atomic E-state index is 5.59. The summed E-state index contributed by atoms with van der Waals surface area (Å²) in [6.07, 6.45) is 5.79. The SMILES string of the molecule is CCNC(=NCC(CC)CC)NCCOc1cccnc1. The van der Waals surface area contributed by atoms with Gasteiger partial charge in [0.15, 0.2) is 5.96 Å². The lowest BCUT2D eigenvalue weighted by molar-refractivity contribution is 0.320. The molecule has 1 aromatic rings. The fourth-order valence-corrected chi connectivity index (χ4v) is 1.88. The predicted molar refractivity (Wildman–Crippen MR) is 87.8 cm³/mol. The fraction of sp³-hybridized carbons (Fsp3) is 0.625. The van der Waals surface area contributed by atoms with E-state index in [1.54, 1.807) is 12.4 Å². The Morgan fingerprint density at radius 1 is 1.29 bits per heavy atom. The molecule has 0 unspecified atom stereocenters. The van der Waals surface area contributed by atoms with E-state index in [4.69, 9.17) is 4.74 Å². The summed E-state index contributed by atoms with van der Waals surface area (Å²) < 4.78 is 5.59. The van der Waals surface area contributed by atoms with Gasteiger partial charge in [-0.05, 0) is 25.0 Å². The van der Waals surface area contributed by atoms with Crippen LogP contribution in [0.4, 0.5) is 0 Å². The highest BCUT2D eigenvalue weighted by Crippen LogP contribution is 2.07. The first-order valence-electron chi connectivity index (χ1n) is 7.85. The van der Waals surface area contributed by atoms with Crippen LogP contribution < -0.4 is 15.4 Å². The second kappa shape index (κ2) is 10.9. The first-order valence-corrected chi connectivity index (χ1v) is 7.85. The number of rotatable bonds is 9. The Labute approximate surface area is 128 Å². The lowest BCUT2D eigenvalue weighted by Crippen LogP contribution is -2.39. The molecule has 0 saturated carbocycles. The molecule has 118 valence electrons. The van der Waals surface area contributed by atoms with Crippen LogP contribution in [0.2, 0.25) is 0 Å². The minimum Gasteiger partial charge on any atom is -0.490 e. The summed E-state index contributed by atoms with van der Waals surface area (Å²) in [7, 11) is 0. The van der Waals surface area contributed by atoms with Gasteiger partial charge in [0.05, 0.1) is 12.7 Å². The van der Waals surface area contributed by atoms with Crippen LogP contribution >= 0.6 is 0 Å². The zero-order valence-electron chi connectivity index (χ0n) is 13.4. The average Bonchev–Trinajstić information content (AvgIpc) is 2.53. The molecular formula is C16H28N4O. The largest absolute Gasteiger partial charge is 0.490 e. The number of aliphatic imine (C=N–C) groups is 1. The maximum Gasteiger partial charge on any atom is 0.191 e. The Bertz CT molecular complexity index is 391. The molecule has 0 aliphatic heterocycles. The number of hydrogen-bond acceptors (Lipinski definition) is 3. The molecule has 2 N–H and O–H groups in total. The number of pyridine rings is 1. The van der Waals surface area contributed by atoms with Crippen molar-refractivity contribution in [2.24, 2.45) is 10.9 Å². The van der Waals surface area contributed by atoms with E-state index in [0.29, 0.717) is 19.1 Å². The smallest absolute Gasteiger partial charge is 0.191 e. The third-order valence-electron chi connectivity index (χ3n) is 3.30. The molecule has 0 atom stereocenters. The standard InChI is InChI=1S/C16H28N4O/c1-4-14(5-2)12-20-16(18-6-3)19-10-11-21-15-8-7-9-17-13-15/h7-9,13-14H,4-6,10-12H2,1-3H3,(H2,18,19,20). The van der Waals surface area contributed by atoms with E-state index in [2.05, 4.69) is 41.4 Å². The normalized spacial score (nSPS) is 11.5. The van der Waals surface area contributed by atoms with E-state index in [0.717, 1.165) is 24.8 Å². The number of hydrogen-bond donors (Lipinski definition) is 2. The molecule has 0 fully saturated rings. The van der Waals surface area contributed by atoms with Crippen molar-refractivity contribution in [2.45, 2.75) is 33.6 Å². The van der Waals surface area contributed by atoms with Crippen LogP contribution in [0.3, 0.4) is 0 Å². The summed E-state index contributed by atoms with van der Waals surface area (Å²) in [5, 5.41) is 6.54. The van der Waals surface area contributed by atoms with E-state index < -0.39 is 0 Å². The number of nitrogens with one attached hydrogen (secondary N) is 2. The van der Waals surface area contributed by atoms with Crippen LogP contribution in [-0.2, 0) is 0 Å². The van der Waals surface area contributed by atoms with Gasteiger partial charge in [-0.1, -0.05) is 26.7 Å². The van der Waals surface area contributed by atoms with Crippen LogP contribution in [0.5, 0.6) is 5.75 Å². The molecule has 0 bridgehead atoms. The van der Waals surface area contributed by atoms with Gasteiger partial charge in [0.25, 0.3) is 0 Å². The van der Waals surface area contributed by atoms with E-state index in [1.807, 2.05) is 12.1 Å². The van der Waals surface area contributed by atoms with Gasteiger partial charge in [-0.3, -0.25) is 9.98 Å². The average molecular weight is 292 g/mol. The number of nitrogens with zero attached hydrogens (tertiary/aromatic N) is 2. The Balaban J connectivity index is 2.31. The minimum atomic E-state index is 0.584. The van der Waals surface area contributed by atoms with E-state index in [1.165, 1.54) is 12.8 Å². The number of ether oxygens (including phenoxy) is 1. The molecule has 0 saturated heterocycles. The Hall–Kier alpha value is -1.78. The van der Waals surface area contributed by atoms with Crippen molar-refractivity contribution in [3.8, 4) is 5.75 Å². The van der Waals surface area contributed by atoms with E-state index >= 15 is 0 Å². The van der Waals surface area contributed by atoms with Gasteiger partial charge in [0.1, 0.15) is 12.4 Å². The summed E-state index contributed by atoms with van der Waals surface area (Å²) in [6.45, 7) is 9.52. The first-order chi connectivity index (χ1) is 10.3. The molecule has 0 aliphatic rings. The molecule has 0 aliphatic carbocycles. The zero-order valence-corrected chi connectivity index (χ0v) is 13.4. The highest BCUT2D eigenvalue weighted by molar-refractivity contribution is 5.79. The van der Waals surface area contributed by atoms with Crippen molar-refractivity contribution in [1.29, 1.82) is 0 Å². The third-order valence-corrected chi connectivity index (χ3v) is 3.30. The second-order valence-corrected chi connectivity index (χ2v) is 4.87. The van der Waals surface area contributed by atoms with Gasteiger partial charge in [0, 0.05) is 19.3 Å². The molecule has 1 rings (SSSR count). The van der Waals surface area contributed by atoms with E-state index in [-0.39, 0.29) is 0 Å². The summed E-state index contributed by atoms with van der Waals surface area (Å²) in [5.74, 6) is 2.31. The zero-order chi connectivity index (χ0) is 15.3. The molecule has 0 radical (unpaired) electrons. The van der Waals surface area contributed by atoms with Gasteiger partial charge < -0.3 is 15.4 Å². The van der Waals surface area contributed by atoms with Crippen molar-refractivity contribution in [1.82, 2.24) is 15.6 Å². The molecule has 5 heteroatoms. The van der Waals surface area contributed by atoms with Gasteiger partial charge in [0.2, 0.25) is 0 Å². The highest BCUT2D eigenvalue weighted by Gasteiger charge is 2.03. The van der Waals surface area contributed by atoms with Crippen LogP contribution in [0.15, 0.2) is 29.5 Å². The summed E-state index contributed by atoms with van der Waals surface area (Å²) in [6, 6.07) is 3.77. The van der Waals surface area contributed by atoms with Gasteiger partial charge in [-0.25, -0.2) is 0 Å². The van der Waals surface area contributed by atoms with Crippen LogP contribution in [0.1, 0.15) is 33.6 Å². The van der Waals surface area contributed by atoms with Crippen LogP contribution in [-0.4, -0.2) is 37.2 Å². The Morgan fingerprint density at radius 2 is 2.10 bits per heavy atom. The van der Waals surface area contributed by atoms with Crippen LogP contribution in [0, 0.1) is 5.92 Å². The predicted octanol–water partition coefficient (Wildman–Crippen LogP) is 2.45. The van der Waals surface area contributed by atoms with Crippen molar-refractivity contribution in [2.75, 3.05) is 26.2 Å². The third kappa shape index (κ3) is 7.54. The highest BCUT2D eigenvalue weighted by atomic mass is 16.5. The minimum absolute atomic E-state index is 0.584. The number of guanidine groups is 1. The molecule has 5 nitrogen and oxygen atoms in total. The maximum absolute atomic E-state index is 5.59. The van der Waals surface area contributed by atoms with Crippen molar-refractivity contribution in [3.05, 3.63) is 24.5 Å². The van der Waals surface area contributed by atoms with Gasteiger partial charge in [-0.15, -0.1) is 0 Å². The second-order valence-electron chi connectivity index (χ2n) is 4.87. The quantitative estimate of drug-likeness (QED) is 0.417.